The number of benzene rings is 1. The molecule has 1 amide bonds. The van der Waals surface area contributed by atoms with Crippen LogP contribution in [0.25, 0.3) is 0 Å². The van der Waals surface area contributed by atoms with E-state index >= 15 is 0 Å². The van der Waals surface area contributed by atoms with Crippen molar-refractivity contribution in [1.29, 1.82) is 0 Å². The van der Waals surface area contributed by atoms with E-state index in [1.54, 1.807) is 6.07 Å². The van der Waals surface area contributed by atoms with Crippen LogP contribution in [-0.2, 0) is 9.84 Å². The zero-order valence-corrected chi connectivity index (χ0v) is 15.4. The van der Waals surface area contributed by atoms with Gasteiger partial charge in [0.1, 0.15) is 0 Å². The Morgan fingerprint density at radius 1 is 1.20 bits per heavy atom. The number of carbonyl (C=O) groups is 1. The molecule has 2 fully saturated rings. The number of rotatable bonds is 3. The molecule has 6 nitrogen and oxygen atoms in total. The second-order valence-electron chi connectivity index (χ2n) is 6.90. The third-order valence-corrected chi connectivity index (χ3v) is 8.03. The van der Waals surface area contributed by atoms with Gasteiger partial charge < -0.3 is 10.6 Å². The minimum absolute atomic E-state index is 0.0151. The number of carbonyl (C=O) groups excluding carboxylic acids is 1. The molecular formula is C17H21N3O3S2. The molecule has 0 aromatic heterocycles. The SMILES string of the molecule is O=C(NC1CCCC1)c1cccc(NC2=N[C@@H]3CS(=O)(=O)C[C@H]3S2)c1. The number of thioether (sulfide) groups is 1. The lowest BCUT2D eigenvalue weighted by atomic mass is 10.1. The summed E-state index contributed by atoms with van der Waals surface area (Å²) in [6.07, 6.45) is 4.48. The van der Waals surface area contributed by atoms with E-state index in [4.69, 9.17) is 0 Å². The first-order valence-electron chi connectivity index (χ1n) is 8.61. The Morgan fingerprint density at radius 2 is 2.00 bits per heavy atom. The number of anilines is 1. The summed E-state index contributed by atoms with van der Waals surface area (Å²) in [7, 11) is -2.94. The summed E-state index contributed by atoms with van der Waals surface area (Å²) in [6, 6.07) is 7.50. The summed E-state index contributed by atoms with van der Waals surface area (Å²) in [5, 5.41) is 7.06. The average Bonchev–Trinajstić information content (AvgIpc) is 3.23. The van der Waals surface area contributed by atoms with Gasteiger partial charge in [-0.1, -0.05) is 30.7 Å². The minimum atomic E-state index is -2.94. The molecule has 2 atom stereocenters. The number of nitrogens with one attached hydrogen (secondary N) is 2. The molecule has 1 aliphatic carbocycles. The fourth-order valence-corrected chi connectivity index (χ4v) is 7.29. The Morgan fingerprint density at radius 3 is 2.76 bits per heavy atom. The Kier molecular flexibility index (Phi) is 4.49. The maximum absolute atomic E-state index is 12.4. The Hall–Kier alpha value is -1.54. The number of fused-ring (bicyclic) bond motifs is 1. The number of amidine groups is 1. The molecular weight excluding hydrogens is 358 g/mol. The van der Waals surface area contributed by atoms with Crippen LogP contribution in [0.15, 0.2) is 29.3 Å². The number of hydrogen-bond acceptors (Lipinski definition) is 6. The van der Waals surface area contributed by atoms with Crippen LogP contribution < -0.4 is 10.6 Å². The largest absolute Gasteiger partial charge is 0.349 e. The molecule has 1 saturated carbocycles. The summed E-state index contributed by atoms with van der Waals surface area (Å²) in [5.41, 5.74) is 1.43. The van der Waals surface area contributed by atoms with Gasteiger partial charge in [-0.25, -0.2) is 8.42 Å². The number of aliphatic imine (C=N–C) groups is 1. The molecule has 2 N–H and O–H groups in total. The van der Waals surface area contributed by atoms with Gasteiger partial charge in [0, 0.05) is 22.5 Å². The lowest BCUT2D eigenvalue weighted by Gasteiger charge is -2.13. The molecule has 0 spiro atoms. The zero-order valence-electron chi connectivity index (χ0n) is 13.8. The maximum atomic E-state index is 12.4. The van der Waals surface area contributed by atoms with Crippen LogP contribution in [0.1, 0.15) is 36.0 Å². The Bertz CT molecular complexity index is 816. The van der Waals surface area contributed by atoms with Crippen LogP contribution in [0.2, 0.25) is 0 Å². The molecule has 1 aromatic carbocycles. The van der Waals surface area contributed by atoms with Crippen molar-refractivity contribution in [3.8, 4) is 0 Å². The summed E-state index contributed by atoms with van der Waals surface area (Å²) >= 11 is 1.48. The first kappa shape index (κ1) is 16.9. The van der Waals surface area contributed by atoms with Gasteiger partial charge in [-0.15, -0.1) is 0 Å². The maximum Gasteiger partial charge on any atom is 0.251 e. The molecule has 2 heterocycles. The molecule has 3 aliphatic rings. The van der Waals surface area contributed by atoms with E-state index in [-0.39, 0.29) is 28.7 Å². The van der Waals surface area contributed by atoms with E-state index in [1.165, 1.54) is 24.6 Å². The molecule has 2 aliphatic heterocycles. The second-order valence-corrected chi connectivity index (χ2v) is 10.3. The van der Waals surface area contributed by atoms with E-state index in [2.05, 4.69) is 15.6 Å². The Labute approximate surface area is 151 Å². The van der Waals surface area contributed by atoms with E-state index < -0.39 is 9.84 Å². The number of nitrogens with zero attached hydrogens (tertiary/aromatic N) is 1. The quantitative estimate of drug-likeness (QED) is 0.839. The smallest absolute Gasteiger partial charge is 0.251 e. The van der Waals surface area contributed by atoms with E-state index in [0.29, 0.717) is 11.6 Å². The number of sulfone groups is 1. The van der Waals surface area contributed by atoms with Crippen LogP contribution in [0.3, 0.4) is 0 Å². The van der Waals surface area contributed by atoms with Crippen LogP contribution in [0, 0.1) is 0 Å². The van der Waals surface area contributed by atoms with Crippen LogP contribution >= 0.6 is 11.8 Å². The van der Waals surface area contributed by atoms with Gasteiger partial charge in [0.15, 0.2) is 15.0 Å². The average molecular weight is 380 g/mol. The summed E-state index contributed by atoms with van der Waals surface area (Å²) in [5.74, 6) is 0.292. The number of hydrogen-bond donors (Lipinski definition) is 2. The van der Waals surface area contributed by atoms with Gasteiger partial charge in [0.2, 0.25) is 0 Å². The highest BCUT2D eigenvalue weighted by molar-refractivity contribution is 8.15. The molecule has 0 bridgehead atoms. The topological polar surface area (TPSA) is 87.6 Å². The van der Waals surface area contributed by atoms with Gasteiger partial charge in [0.25, 0.3) is 5.91 Å². The molecule has 134 valence electrons. The van der Waals surface area contributed by atoms with Crippen LogP contribution in [-0.4, -0.2) is 48.3 Å². The molecule has 0 radical (unpaired) electrons. The van der Waals surface area contributed by atoms with Crippen LogP contribution in [0.5, 0.6) is 0 Å². The van der Waals surface area contributed by atoms with Gasteiger partial charge in [-0.05, 0) is 31.0 Å². The van der Waals surface area contributed by atoms with Gasteiger partial charge >= 0.3 is 0 Å². The Balaban J connectivity index is 1.41. The molecule has 4 rings (SSSR count). The van der Waals surface area contributed by atoms with Gasteiger partial charge in [-0.2, -0.15) is 0 Å². The van der Waals surface area contributed by atoms with Crippen molar-refractivity contribution in [2.45, 2.75) is 43.0 Å². The van der Waals surface area contributed by atoms with Crippen molar-refractivity contribution < 1.29 is 13.2 Å². The van der Waals surface area contributed by atoms with Crippen molar-refractivity contribution in [3.63, 3.8) is 0 Å². The third kappa shape index (κ3) is 3.84. The van der Waals surface area contributed by atoms with Crippen molar-refractivity contribution in [2.24, 2.45) is 4.99 Å². The highest BCUT2D eigenvalue weighted by Gasteiger charge is 2.42. The zero-order chi connectivity index (χ0) is 17.4. The standard InChI is InChI=1S/C17H21N3O3S2/c21-16(18-12-5-1-2-6-12)11-4-3-7-13(8-11)19-17-20-14-9-25(22,23)10-15(14)24-17/h3-4,7-8,12,14-15H,1-2,5-6,9-10H2,(H,18,21)(H,19,20)/t14-,15-/m1/s1. The monoisotopic (exact) mass is 379 g/mol. The molecule has 25 heavy (non-hydrogen) atoms. The summed E-state index contributed by atoms with van der Waals surface area (Å²) in [4.78, 5) is 16.9. The lowest BCUT2D eigenvalue weighted by Crippen LogP contribution is -2.32. The van der Waals surface area contributed by atoms with Crippen molar-refractivity contribution in [3.05, 3.63) is 29.8 Å². The molecule has 1 aromatic rings. The van der Waals surface area contributed by atoms with Crippen molar-refractivity contribution in [1.82, 2.24) is 5.32 Å². The summed E-state index contributed by atoms with van der Waals surface area (Å²) < 4.78 is 23.2. The molecule has 8 heteroatoms. The van der Waals surface area contributed by atoms with E-state index in [9.17, 15) is 13.2 Å². The first-order chi connectivity index (χ1) is 12.0. The fraction of sp³-hybridized carbons (Fsp3) is 0.529. The van der Waals surface area contributed by atoms with Gasteiger partial charge in [-0.3, -0.25) is 9.79 Å². The third-order valence-electron chi connectivity index (χ3n) is 4.88. The molecule has 0 unspecified atom stereocenters. The minimum Gasteiger partial charge on any atom is -0.349 e. The number of amides is 1. The van der Waals surface area contributed by atoms with Crippen LogP contribution in [0.4, 0.5) is 5.69 Å². The molecule has 1 saturated heterocycles. The van der Waals surface area contributed by atoms with Crippen molar-refractivity contribution in [2.75, 3.05) is 16.8 Å². The first-order valence-corrected chi connectivity index (χ1v) is 11.3. The predicted molar refractivity (Wildman–Crippen MR) is 101 cm³/mol. The van der Waals surface area contributed by atoms with Crippen molar-refractivity contribution >= 4 is 38.4 Å². The summed E-state index contributed by atoms with van der Waals surface area (Å²) in [6.45, 7) is 0. The normalized spacial score (nSPS) is 27.8. The fourth-order valence-electron chi connectivity index (χ4n) is 3.62. The van der Waals surface area contributed by atoms with E-state index in [1.807, 2.05) is 18.2 Å². The highest BCUT2D eigenvalue weighted by Crippen LogP contribution is 2.34. The lowest BCUT2D eigenvalue weighted by molar-refractivity contribution is 0.0938. The van der Waals surface area contributed by atoms with E-state index in [0.717, 1.165) is 23.7 Å². The highest BCUT2D eigenvalue weighted by atomic mass is 32.2. The van der Waals surface area contributed by atoms with Gasteiger partial charge in [0.05, 0.1) is 17.5 Å². The predicted octanol–water partition coefficient (Wildman–Crippen LogP) is 2.04. The second kappa shape index (κ2) is 6.64.